The SMILES string of the molecule is Fc1ccc(-c2[nH]nc3ncncc23)cc1. The molecule has 0 aliphatic rings. The van der Waals surface area contributed by atoms with Crippen molar-refractivity contribution < 1.29 is 4.39 Å². The van der Waals surface area contributed by atoms with Gasteiger partial charge in [0.05, 0.1) is 11.1 Å². The number of H-pyrrole nitrogens is 1. The molecule has 0 saturated heterocycles. The number of hydrogen-bond acceptors (Lipinski definition) is 3. The molecular weight excluding hydrogens is 207 g/mol. The summed E-state index contributed by atoms with van der Waals surface area (Å²) in [7, 11) is 0. The number of fused-ring (bicyclic) bond motifs is 1. The smallest absolute Gasteiger partial charge is 0.184 e. The van der Waals surface area contributed by atoms with Gasteiger partial charge < -0.3 is 0 Å². The number of nitrogens with one attached hydrogen (secondary N) is 1. The molecular formula is C11H7FN4. The van der Waals surface area contributed by atoms with E-state index in [2.05, 4.69) is 20.2 Å². The van der Waals surface area contributed by atoms with Gasteiger partial charge in [-0.25, -0.2) is 14.4 Å². The number of aromatic amines is 1. The van der Waals surface area contributed by atoms with Crippen molar-refractivity contribution in [2.45, 2.75) is 0 Å². The normalized spacial score (nSPS) is 10.8. The molecule has 1 aromatic carbocycles. The lowest BCUT2D eigenvalue weighted by molar-refractivity contribution is 0.628. The molecule has 0 radical (unpaired) electrons. The predicted molar refractivity (Wildman–Crippen MR) is 57.1 cm³/mol. The molecule has 16 heavy (non-hydrogen) atoms. The third-order valence-electron chi connectivity index (χ3n) is 2.37. The maximum atomic E-state index is 12.8. The average molecular weight is 214 g/mol. The van der Waals surface area contributed by atoms with Crippen LogP contribution in [0, 0.1) is 5.82 Å². The maximum absolute atomic E-state index is 12.8. The van der Waals surface area contributed by atoms with E-state index < -0.39 is 0 Å². The minimum atomic E-state index is -0.260. The van der Waals surface area contributed by atoms with Crippen LogP contribution in [0.4, 0.5) is 4.39 Å². The van der Waals surface area contributed by atoms with Gasteiger partial charge in [0.15, 0.2) is 5.65 Å². The number of nitrogens with zero attached hydrogens (tertiary/aromatic N) is 3. The largest absolute Gasteiger partial charge is 0.275 e. The van der Waals surface area contributed by atoms with E-state index in [1.807, 2.05) is 0 Å². The van der Waals surface area contributed by atoms with Crippen molar-refractivity contribution in [2.24, 2.45) is 0 Å². The minimum absolute atomic E-state index is 0.260. The topological polar surface area (TPSA) is 54.5 Å². The summed E-state index contributed by atoms with van der Waals surface area (Å²) in [4.78, 5) is 7.96. The van der Waals surface area contributed by atoms with E-state index in [4.69, 9.17) is 0 Å². The van der Waals surface area contributed by atoms with E-state index >= 15 is 0 Å². The highest BCUT2D eigenvalue weighted by Crippen LogP contribution is 2.24. The number of rotatable bonds is 1. The molecule has 0 unspecified atom stereocenters. The van der Waals surface area contributed by atoms with Crippen molar-refractivity contribution in [3.63, 3.8) is 0 Å². The first-order chi connectivity index (χ1) is 7.84. The summed E-state index contributed by atoms with van der Waals surface area (Å²) in [6, 6.07) is 6.20. The zero-order valence-electron chi connectivity index (χ0n) is 8.18. The second kappa shape index (κ2) is 3.37. The summed E-state index contributed by atoms with van der Waals surface area (Å²) < 4.78 is 12.8. The Labute approximate surface area is 90.2 Å². The van der Waals surface area contributed by atoms with Crippen LogP contribution in [0.15, 0.2) is 36.8 Å². The molecule has 0 bridgehead atoms. The van der Waals surface area contributed by atoms with E-state index in [1.54, 1.807) is 18.3 Å². The minimum Gasteiger partial charge on any atom is -0.275 e. The summed E-state index contributed by atoms with van der Waals surface area (Å²) in [5, 5.41) is 7.75. The highest BCUT2D eigenvalue weighted by atomic mass is 19.1. The lowest BCUT2D eigenvalue weighted by Gasteiger charge is -1.97. The quantitative estimate of drug-likeness (QED) is 0.675. The number of benzene rings is 1. The fraction of sp³-hybridized carbons (Fsp3) is 0. The molecule has 2 heterocycles. The van der Waals surface area contributed by atoms with Crippen LogP contribution in [0.1, 0.15) is 0 Å². The Kier molecular flexibility index (Phi) is 1.89. The van der Waals surface area contributed by atoms with E-state index in [9.17, 15) is 4.39 Å². The molecule has 0 atom stereocenters. The van der Waals surface area contributed by atoms with Crippen LogP contribution in [-0.4, -0.2) is 20.2 Å². The number of hydrogen-bond donors (Lipinski definition) is 1. The molecule has 4 nitrogen and oxygen atoms in total. The average Bonchev–Trinajstić information content (AvgIpc) is 2.74. The lowest BCUT2D eigenvalue weighted by atomic mass is 10.1. The van der Waals surface area contributed by atoms with Gasteiger partial charge in [0.1, 0.15) is 12.1 Å². The van der Waals surface area contributed by atoms with Crippen LogP contribution in [0.25, 0.3) is 22.3 Å². The monoisotopic (exact) mass is 214 g/mol. The van der Waals surface area contributed by atoms with Crippen LogP contribution >= 0.6 is 0 Å². The fourth-order valence-electron chi connectivity index (χ4n) is 1.59. The van der Waals surface area contributed by atoms with Gasteiger partial charge in [0.2, 0.25) is 0 Å². The van der Waals surface area contributed by atoms with Crippen molar-refractivity contribution in [3.05, 3.63) is 42.6 Å². The van der Waals surface area contributed by atoms with Gasteiger partial charge in [0, 0.05) is 11.8 Å². The Morgan fingerprint density at radius 1 is 1.12 bits per heavy atom. The second-order valence-corrected chi connectivity index (χ2v) is 3.37. The first kappa shape index (κ1) is 8.96. The van der Waals surface area contributed by atoms with Gasteiger partial charge in [0.25, 0.3) is 0 Å². The molecule has 1 N–H and O–H groups in total. The lowest BCUT2D eigenvalue weighted by Crippen LogP contribution is -1.81. The summed E-state index contributed by atoms with van der Waals surface area (Å²) >= 11 is 0. The maximum Gasteiger partial charge on any atom is 0.184 e. The van der Waals surface area contributed by atoms with Crippen LogP contribution in [0.3, 0.4) is 0 Å². The molecule has 2 aromatic heterocycles. The Balaban J connectivity index is 2.22. The van der Waals surface area contributed by atoms with Crippen molar-refractivity contribution in [2.75, 3.05) is 0 Å². The van der Waals surface area contributed by atoms with Crippen LogP contribution in [0.2, 0.25) is 0 Å². The molecule has 3 aromatic rings. The molecule has 0 spiro atoms. The molecule has 0 fully saturated rings. The first-order valence-corrected chi connectivity index (χ1v) is 4.74. The van der Waals surface area contributed by atoms with Crippen molar-refractivity contribution >= 4 is 11.0 Å². The summed E-state index contributed by atoms with van der Waals surface area (Å²) in [6.07, 6.45) is 3.13. The van der Waals surface area contributed by atoms with Gasteiger partial charge in [-0.2, -0.15) is 5.10 Å². The second-order valence-electron chi connectivity index (χ2n) is 3.37. The Morgan fingerprint density at radius 3 is 2.75 bits per heavy atom. The van der Waals surface area contributed by atoms with Crippen molar-refractivity contribution in [3.8, 4) is 11.3 Å². The molecule has 0 aliphatic carbocycles. The highest BCUT2D eigenvalue weighted by Gasteiger charge is 2.07. The number of halogens is 1. The summed E-state index contributed by atoms with van der Waals surface area (Å²) in [6.45, 7) is 0. The van der Waals surface area contributed by atoms with E-state index in [0.29, 0.717) is 5.65 Å². The number of aromatic nitrogens is 4. The summed E-state index contributed by atoms with van der Waals surface area (Å²) in [5.74, 6) is -0.260. The van der Waals surface area contributed by atoms with Crippen LogP contribution in [-0.2, 0) is 0 Å². The van der Waals surface area contributed by atoms with E-state index in [1.165, 1.54) is 18.5 Å². The predicted octanol–water partition coefficient (Wildman–Crippen LogP) is 2.16. The molecule has 5 heteroatoms. The Morgan fingerprint density at radius 2 is 1.94 bits per heavy atom. The fourth-order valence-corrected chi connectivity index (χ4v) is 1.59. The zero-order valence-corrected chi connectivity index (χ0v) is 8.18. The molecule has 3 rings (SSSR count). The van der Waals surface area contributed by atoms with Crippen molar-refractivity contribution in [1.82, 2.24) is 20.2 Å². The van der Waals surface area contributed by atoms with Gasteiger partial charge in [-0.1, -0.05) is 0 Å². The Hall–Kier alpha value is -2.30. The van der Waals surface area contributed by atoms with Gasteiger partial charge >= 0.3 is 0 Å². The van der Waals surface area contributed by atoms with Crippen molar-refractivity contribution in [1.29, 1.82) is 0 Å². The van der Waals surface area contributed by atoms with Crippen LogP contribution in [0.5, 0.6) is 0 Å². The van der Waals surface area contributed by atoms with Gasteiger partial charge in [-0.05, 0) is 24.3 Å². The summed E-state index contributed by atoms with van der Waals surface area (Å²) in [5.41, 5.74) is 2.27. The third kappa shape index (κ3) is 1.33. The van der Waals surface area contributed by atoms with E-state index in [-0.39, 0.29) is 5.82 Å². The molecule has 0 amide bonds. The third-order valence-corrected chi connectivity index (χ3v) is 2.37. The first-order valence-electron chi connectivity index (χ1n) is 4.74. The molecule has 0 aliphatic heterocycles. The Bertz CT molecular complexity index is 630. The standard InChI is InChI=1S/C11H7FN4/c12-8-3-1-7(2-4-8)10-9-5-13-6-14-11(9)16-15-10/h1-6H,(H,13,14,15,16). The van der Waals surface area contributed by atoms with E-state index in [0.717, 1.165) is 16.6 Å². The zero-order chi connectivity index (χ0) is 11.0. The van der Waals surface area contributed by atoms with Gasteiger partial charge in [-0.3, -0.25) is 5.10 Å². The van der Waals surface area contributed by atoms with Crippen LogP contribution < -0.4 is 0 Å². The molecule has 78 valence electrons. The van der Waals surface area contributed by atoms with Gasteiger partial charge in [-0.15, -0.1) is 0 Å². The highest BCUT2D eigenvalue weighted by molar-refractivity contribution is 5.89. The molecule has 0 saturated carbocycles.